The van der Waals surface area contributed by atoms with E-state index in [1.807, 2.05) is 0 Å². The minimum absolute atomic E-state index is 0.0399. The Bertz CT molecular complexity index is 986. The molecule has 4 heterocycles. The topological polar surface area (TPSA) is 85.5 Å². The number of nitrogens with zero attached hydrogens (tertiary/aromatic N) is 3. The maximum absolute atomic E-state index is 14.0. The molecular formula is C20H18FN3O4. The molecule has 1 amide bonds. The van der Waals surface area contributed by atoms with Crippen LogP contribution in [0.25, 0.3) is 0 Å². The van der Waals surface area contributed by atoms with Crippen LogP contribution in [0.2, 0.25) is 0 Å². The van der Waals surface area contributed by atoms with Crippen LogP contribution in [0.4, 0.5) is 10.2 Å². The summed E-state index contributed by atoms with van der Waals surface area (Å²) in [5.74, 6) is -0.358. The fourth-order valence-corrected chi connectivity index (χ4v) is 4.37. The Morgan fingerprint density at radius 1 is 1.29 bits per heavy atom. The number of carbonyl (C=O) groups excluding carboxylic acids is 2. The molecular weight excluding hydrogens is 365 g/mol. The number of alkyl halides is 1. The van der Waals surface area contributed by atoms with E-state index in [0.717, 1.165) is 0 Å². The second-order valence-corrected chi connectivity index (χ2v) is 7.44. The molecule has 8 heteroatoms. The van der Waals surface area contributed by atoms with Crippen LogP contribution in [-0.2, 0) is 14.3 Å². The van der Waals surface area contributed by atoms with Gasteiger partial charge in [-0.25, -0.2) is 4.39 Å². The summed E-state index contributed by atoms with van der Waals surface area (Å²) < 4.78 is 25.1. The molecule has 1 aliphatic carbocycles. The second-order valence-electron chi connectivity index (χ2n) is 7.44. The number of ketones is 1. The van der Waals surface area contributed by atoms with Crippen molar-refractivity contribution in [3.63, 3.8) is 0 Å². The van der Waals surface area contributed by atoms with Crippen LogP contribution in [0.5, 0.6) is 0 Å². The molecule has 4 unspecified atom stereocenters. The number of hydrogen-bond donors (Lipinski definition) is 0. The molecule has 0 saturated heterocycles. The van der Waals surface area contributed by atoms with E-state index in [1.165, 1.54) is 4.90 Å². The third-order valence-electron chi connectivity index (χ3n) is 5.65. The van der Waals surface area contributed by atoms with Gasteiger partial charge in [0.1, 0.15) is 18.0 Å². The van der Waals surface area contributed by atoms with Crippen LogP contribution in [0.3, 0.4) is 0 Å². The first-order chi connectivity index (χ1) is 13.5. The summed E-state index contributed by atoms with van der Waals surface area (Å²) in [6.45, 7) is 1.72. The lowest BCUT2D eigenvalue weighted by atomic mass is 9.77. The first kappa shape index (κ1) is 17.1. The third kappa shape index (κ3) is 2.47. The van der Waals surface area contributed by atoms with Crippen molar-refractivity contribution in [1.29, 1.82) is 0 Å². The highest BCUT2D eigenvalue weighted by Crippen LogP contribution is 2.48. The van der Waals surface area contributed by atoms with Crippen molar-refractivity contribution in [3.8, 4) is 0 Å². The lowest BCUT2D eigenvalue weighted by Gasteiger charge is -2.36. The molecule has 7 nitrogen and oxygen atoms in total. The smallest absolute Gasteiger partial charge is 0.295 e. The highest BCUT2D eigenvalue weighted by Gasteiger charge is 2.54. The Balaban J connectivity index is 1.64. The summed E-state index contributed by atoms with van der Waals surface area (Å²) in [5.41, 5.74) is 0.915. The average Bonchev–Trinajstić information content (AvgIpc) is 3.24. The van der Waals surface area contributed by atoms with E-state index < -0.39 is 30.1 Å². The van der Waals surface area contributed by atoms with E-state index in [-0.39, 0.29) is 23.5 Å². The van der Waals surface area contributed by atoms with Gasteiger partial charge in [0.15, 0.2) is 17.4 Å². The zero-order valence-electron chi connectivity index (χ0n) is 15.2. The largest absolute Gasteiger partial charge is 0.483 e. The van der Waals surface area contributed by atoms with Crippen LogP contribution in [0.1, 0.15) is 36.6 Å². The summed E-state index contributed by atoms with van der Waals surface area (Å²) in [6, 6.07) is 4.43. The van der Waals surface area contributed by atoms with E-state index in [1.54, 1.807) is 37.5 Å². The number of anilines is 1. The minimum atomic E-state index is -1.03. The Morgan fingerprint density at radius 2 is 2.14 bits per heavy atom. The van der Waals surface area contributed by atoms with Crippen LogP contribution in [-0.4, -0.2) is 34.1 Å². The van der Waals surface area contributed by atoms with E-state index in [0.29, 0.717) is 30.0 Å². The van der Waals surface area contributed by atoms with Gasteiger partial charge in [0, 0.05) is 18.5 Å². The summed E-state index contributed by atoms with van der Waals surface area (Å²) in [5, 5.41) is 3.97. The zero-order chi connectivity index (χ0) is 19.4. The summed E-state index contributed by atoms with van der Waals surface area (Å²) in [4.78, 5) is 32.1. The zero-order valence-corrected chi connectivity index (χ0v) is 15.2. The molecule has 0 N–H and O–H groups in total. The van der Waals surface area contributed by atoms with Gasteiger partial charge in [-0.3, -0.25) is 19.5 Å². The van der Waals surface area contributed by atoms with Crippen molar-refractivity contribution in [3.05, 3.63) is 53.2 Å². The van der Waals surface area contributed by atoms with Gasteiger partial charge in [0.25, 0.3) is 5.91 Å². The maximum atomic E-state index is 14.0. The summed E-state index contributed by atoms with van der Waals surface area (Å²) >= 11 is 0. The molecule has 4 atom stereocenters. The third-order valence-corrected chi connectivity index (χ3v) is 5.65. The van der Waals surface area contributed by atoms with Gasteiger partial charge in [-0.2, -0.15) is 0 Å². The number of aromatic nitrogens is 2. The second kappa shape index (κ2) is 6.25. The van der Waals surface area contributed by atoms with Crippen molar-refractivity contribution in [1.82, 2.24) is 10.1 Å². The van der Waals surface area contributed by atoms with Gasteiger partial charge in [0.05, 0.1) is 17.5 Å². The Hall–Kier alpha value is -3.03. The molecule has 0 spiro atoms. The Labute approximate surface area is 160 Å². The van der Waals surface area contributed by atoms with Gasteiger partial charge in [-0.15, -0.1) is 0 Å². The first-order valence-corrected chi connectivity index (χ1v) is 9.30. The molecule has 1 saturated carbocycles. The SMILES string of the molecule is Cc1cc(N2C(=O)C3=C(C(=O)C4CC(F)CCC4O3)C2c2cccnc2)no1. The quantitative estimate of drug-likeness (QED) is 0.793. The van der Waals surface area contributed by atoms with Gasteiger partial charge >= 0.3 is 0 Å². The van der Waals surface area contributed by atoms with Gasteiger partial charge < -0.3 is 9.26 Å². The molecule has 1 fully saturated rings. The van der Waals surface area contributed by atoms with Crippen molar-refractivity contribution in [2.75, 3.05) is 4.90 Å². The number of carbonyl (C=O) groups is 2. The number of ether oxygens (including phenoxy) is 1. The van der Waals surface area contributed by atoms with E-state index in [4.69, 9.17) is 9.26 Å². The Kier molecular flexibility index (Phi) is 3.82. The lowest BCUT2D eigenvalue weighted by molar-refractivity contribution is -0.133. The Morgan fingerprint density at radius 3 is 2.86 bits per heavy atom. The number of pyridine rings is 1. The van der Waals surface area contributed by atoms with Crippen molar-refractivity contribution in [2.45, 2.75) is 44.5 Å². The number of aryl methyl sites for hydroxylation is 1. The molecule has 2 aliphatic heterocycles. The average molecular weight is 383 g/mol. The van der Waals surface area contributed by atoms with Gasteiger partial charge in [0.2, 0.25) is 0 Å². The molecule has 2 aromatic heterocycles. The lowest BCUT2D eigenvalue weighted by Crippen LogP contribution is -2.42. The molecule has 5 rings (SSSR count). The number of fused-ring (bicyclic) bond motifs is 1. The normalized spacial score (nSPS) is 29.6. The van der Waals surface area contributed by atoms with Crippen molar-refractivity contribution in [2.24, 2.45) is 5.92 Å². The molecule has 0 bridgehead atoms. The standard InChI is InChI=1S/C20H18FN3O4/c1-10-7-15(23-28-10)24-17(11-3-2-6-22-9-11)16-18(25)13-8-12(21)4-5-14(13)27-19(16)20(24)26/h2-3,6-7,9,12-14,17H,4-5,8H2,1H3. The predicted molar refractivity (Wildman–Crippen MR) is 94.8 cm³/mol. The number of amides is 1. The number of rotatable bonds is 2. The monoisotopic (exact) mass is 383 g/mol. The van der Waals surface area contributed by atoms with Crippen molar-refractivity contribution < 1.29 is 23.2 Å². The molecule has 0 radical (unpaired) electrons. The van der Waals surface area contributed by atoms with Crippen molar-refractivity contribution >= 4 is 17.5 Å². The molecule has 144 valence electrons. The van der Waals surface area contributed by atoms with Crippen LogP contribution < -0.4 is 4.90 Å². The van der Waals surface area contributed by atoms with E-state index in [2.05, 4.69) is 10.1 Å². The molecule has 28 heavy (non-hydrogen) atoms. The summed E-state index contributed by atoms with van der Waals surface area (Å²) in [6.07, 6.45) is 2.61. The predicted octanol–water partition coefficient (Wildman–Crippen LogP) is 2.83. The summed E-state index contributed by atoms with van der Waals surface area (Å²) in [7, 11) is 0. The first-order valence-electron chi connectivity index (χ1n) is 9.30. The van der Waals surface area contributed by atoms with Crippen LogP contribution >= 0.6 is 0 Å². The number of halogens is 1. The van der Waals surface area contributed by atoms with Crippen LogP contribution in [0.15, 0.2) is 46.4 Å². The highest BCUT2D eigenvalue weighted by atomic mass is 19.1. The maximum Gasteiger partial charge on any atom is 0.295 e. The number of Topliss-reactive ketones (excluding diaryl/α,β-unsaturated/α-hetero) is 1. The minimum Gasteiger partial charge on any atom is -0.483 e. The molecule has 2 aromatic rings. The van der Waals surface area contributed by atoms with Gasteiger partial charge in [-0.05, 0) is 37.8 Å². The van der Waals surface area contributed by atoms with Crippen LogP contribution in [0, 0.1) is 12.8 Å². The fraction of sp³-hybridized carbons (Fsp3) is 0.400. The fourth-order valence-electron chi connectivity index (χ4n) is 4.37. The van der Waals surface area contributed by atoms with E-state index >= 15 is 0 Å². The number of hydrogen-bond acceptors (Lipinski definition) is 6. The van der Waals surface area contributed by atoms with E-state index in [9.17, 15) is 14.0 Å². The molecule has 3 aliphatic rings. The van der Waals surface area contributed by atoms with Gasteiger partial charge in [-0.1, -0.05) is 11.2 Å². The molecule has 0 aromatic carbocycles. The highest BCUT2D eigenvalue weighted by molar-refractivity contribution is 6.17.